The number of fused-ring (bicyclic) bond motifs is 1. The third-order valence-corrected chi connectivity index (χ3v) is 7.50. The van der Waals surface area contributed by atoms with E-state index in [1.54, 1.807) is 45.0 Å². The SMILES string of the molecule is COc1ccc(CN2C(=O)O[C@@H](C(F)(F)F)c3c(-c4cc(C(F)(F)F)n([C@H]5CCN(C(=O)OC(C)(C)C)C[C@H]5F)n4)ccnc32)cc1. The van der Waals surface area contributed by atoms with Crippen LogP contribution in [0.5, 0.6) is 5.75 Å². The molecule has 254 valence electrons. The Hall–Kier alpha value is -4.57. The predicted molar refractivity (Wildman–Crippen MR) is 151 cm³/mol. The van der Waals surface area contributed by atoms with Crippen molar-refractivity contribution in [1.29, 1.82) is 0 Å². The van der Waals surface area contributed by atoms with Crippen molar-refractivity contribution < 1.29 is 54.5 Å². The molecule has 5 rings (SSSR count). The van der Waals surface area contributed by atoms with Gasteiger partial charge in [-0.3, -0.25) is 9.58 Å². The first-order chi connectivity index (χ1) is 21.9. The van der Waals surface area contributed by atoms with Crippen molar-refractivity contribution in [2.75, 3.05) is 25.1 Å². The molecule has 3 aromatic rings. The minimum absolute atomic E-state index is 0.163. The van der Waals surface area contributed by atoms with E-state index in [0.29, 0.717) is 22.1 Å². The van der Waals surface area contributed by atoms with Gasteiger partial charge < -0.3 is 19.1 Å². The van der Waals surface area contributed by atoms with Gasteiger partial charge in [0.2, 0.25) is 6.10 Å². The normalized spacial score (nSPS) is 20.5. The second kappa shape index (κ2) is 12.2. The Labute approximate surface area is 264 Å². The summed E-state index contributed by atoms with van der Waals surface area (Å²) in [4.78, 5) is 31.2. The molecule has 0 N–H and O–H groups in total. The lowest BCUT2D eigenvalue weighted by Crippen LogP contribution is -2.47. The van der Waals surface area contributed by atoms with Crippen molar-refractivity contribution in [3.63, 3.8) is 0 Å². The lowest BCUT2D eigenvalue weighted by molar-refractivity contribution is -0.207. The van der Waals surface area contributed by atoms with Gasteiger partial charge in [-0.05, 0) is 57.0 Å². The fourth-order valence-corrected chi connectivity index (χ4v) is 5.40. The van der Waals surface area contributed by atoms with Gasteiger partial charge in [-0.15, -0.1) is 0 Å². The fraction of sp³-hybridized carbons (Fsp3) is 0.467. The number of rotatable bonds is 5. The molecule has 4 heterocycles. The summed E-state index contributed by atoms with van der Waals surface area (Å²) < 4.78 is 117. The molecule has 1 fully saturated rings. The average molecular weight is 674 g/mol. The number of ether oxygens (including phenoxy) is 3. The molecule has 0 radical (unpaired) electrons. The van der Waals surface area contributed by atoms with Gasteiger partial charge in [-0.25, -0.2) is 19.0 Å². The summed E-state index contributed by atoms with van der Waals surface area (Å²) in [6.45, 7) is 3.76. The van der Waals surface area contributed by atoms with Crippen LogP contribution in [0.3, 0.4) is 0 Å². The molecule has 2 amide bonds. The molecule has 1 aromatic carbocycles. The third kappa shape index (κ3) is 7.07. The van der Waals surface area contributed by atoms with Crippen LogP contribution < -0.4 is 9.64 Å². The zero-order valence-corrected chi connectivity index (χ0v) is 25.5. The highest BCUT2D eigenvalue weighted by molar-refractivity contribution is 5.92. The highest BCUT2D eigenvalue weighted by Crippen LogP contribution is 2.48. The molecule has 0 aliphatic carbocycles. The summed E-state index contributed by atoms with van der Waals surface area (Å²) in [5, 5.41) is 3.98. The first kappa shape index (κ1) is 33.8. The summed E-state index contributed by atoms with van der Waals surface area (Å²) in [6.07, 6.45) is -16.7. The lowest BCUT2D eigenvalue weighted by atomic mass is 9.98. The largest absolute Gasteiger partial charge is 0.497 e. The molecule has 0 unspecified atom stereocenters. The Morgan fingerprint density at radius 1 is 1.06 bits per heavy atom. The van der Waals surface area contributed by atoms with Gasteiger partial charge in [-0.1, -0.05) is 12.1 Å². The minimum atomic E-state index is -5.18. The van der Waals surface area contributed by atoms with E-state index in [0.717, 1.165) is 22.1 Å². The van der Waals surface area contributed by atoms with Crippen molar-refractivity contribution in [3.8, 4) is 17.0 Å². The summed E-state index contributed by atoms with van der Waals surface area (Å²) in [5.41, 5.74) is -3.60. The van der Waals surface area contributed by atoms with Gasteiger partial charge in [-0.2, -0.15) is 31.4 Å². The van der Waals surface area contributed by atoms with Crippen molar-refractivity contribution in [2.24, 2.45) is 0 Å². The molecular weight excluding hydrogens is 643 g/mol. The van der Waals surface area contributed by atoms with Crippen LogP contribution in [0.1, 0.15) is 56.2 Å². The molecular formula is C30H30F7N5O5. The number of hydrogen-bond donors (Lipinski definition) is 0. The highest BCUT2D eigenvalue weighted by atomic mass is 19.4. The number of cyclic esters (lactones) is 1. The maximum Gasteiger partial charge on any atom is 0.433 e. The summed E-state index contributed by atoms with van der Waals surface area (Å²) in [5.74, 6) is -0.0101. The lowest BCUT2D eigenvalue weighted by Gasteiger charge is -2.36. The number of alkyl halides is 7. The number of pyridine rings is 1. The number of piperidine rings is 1. The minimum Gasteiger partial charge on any atom is -0.497 e. The number of carbonyl (C=O) groups is 2. The van der Waals surface area contributed by atoms with Crippen molar-refractivity contribution in [1.82, 2.24) is 19.7 Å². The van der Waals surface area contributed by atoms with E-state index in [2.05, 4.69) is 10.1 Å². The van der Waals surface area contributed by atoms with Gasteiger partial charge >= 0.3 is 24.5 Å². The molecule has 0 bridgehead atoms. The Morgan fingerprint density at radius 2 is 1.74 bits per heavy atom. The van der Waals surface area contributed by atoms with Gasteiger partial charge in [0, 0.05) is 18.3 Å². The fourth-order valence-electron chi connectivity index (χ4n) is 5.40. The maximum absolute atomic E-state index is 15.5. The number of halogens is 7. The Balaban J connectivity index is 1.55. The van der Waals surface area contributed by atoms with E-state index in [4.69, 9.17) is 14.2 Å². The second-order valence-corrected chi connectivity index (χ2v) is 12.0. The summed E-state index contributed by atoms with van der Waals surface area (Å²) in [6, 6.07) is 6.27. The summed E-state index contributed by atoms with van der Waals surface area (Å²) in [7, 11) is 1.43. The number of nitrogens with zero attached hydrogens (tertiary/aromatic N) is 5. The van der Waals surface area contributed by atoms with Crippen LogP contribution in [0.25, 0.3) is 11.3 Å². The Bertz CT molecular complexity index is 1640. The van der Waals surface area contributed by atoms with Gasteiger partial charge in [0.25, 0.3) is 0 Å². The van der Waals surface area contributed by atoms with Gasteiger partial charge in [0.1, 0.15) is 29.0 Å². The number of hydrogen-bond acceptors (Lipinski definition) is 7. The zero-order valence-electron chi connectivity index (χ0n) is 25.5. The number of likely N-dealkylation sites (tertiary alicyclic amines) is 1. The van der Waals surface area contributed by atoms with Gasteiger partial charge in [0.05, 0.1) is 37.5 Å². The van der Waals surface area contributed by atoms with E-state index in [1.165, 1.54) is 7.11 Å². The Kier molecular flexibility index (Phi) is 8.79. The van der Waals surface area contributed by atoms with Crippen LogP contribution in [0.2, 0.25) is 0 Å². The predicted octanol–water partition coefficient (Wildman–Crippen LogP) is 7.25. The molecule has 2 aromatic heterocycles. The van der Waals surface area contributed by atoms with Crippen LogP contribution >= 0.6 is 0 Å². The number of anilines is 1. The third-order valence-electron chi connectivity index (χ3n) is 7.50. The maximum atomic E-state index is 15.5. The number of methoxy groups -OCH3 is 1. The first-order valence-electron chi connectivity index (χ1n) is 14.3. The monoisotopic (exact) mass is 673 g/mol. The molecule has 47 heavy (non-hydrogen) atoms. The first-order valence-corrected chi connectivity index (χ1v) is 14.3. The van der Waals surface area contributed by atoms with E-state index in [1.807, 2.05) is 0 Å². The summed E-state index contributed by atoms with van der Waals surface area (Å²) >= 11 is 0. The number of aromatic nitrogens is 3. The Morgan fingerprint density at radius 3 is 2.32 bits per heavy atom. The van der Waals surface area contributed by atoms with E-state index in [-0.39, 0.29) is 19.5 Å². The van der Waals surface area contributed by atoms with Crippen LogP contribution in [0.15, 0.2) is 42.6 Å². The number of benzene rings is 1. The molecule has 3 atom stereocenters. The van der Waals surface area contributed by atoms with Crippen LogP contribution in [-0.2, 0) is 22.2 Å². The molecule has 1 saturated heterocycles. The van der Waals surface area contributed by atoms with Gasteiger partial charge in [0.15, 0.2) is 0 Å². The van der Waals surface area contributed by atoms with Crippen LogP contribution in [0.4, 0.5) is 46.1 Å². The van der Waals surface area contributed by atoms with E-state index in [9.17, 15) is 35.9 Å². The average Bonchev–Trinajstić information content (AvgIpc) is 3.43. The highest BCUT2D eigenvalue weighted by Gasteiger charge is 2.52. The smallest absolute Gasteiger partial charge is 0.433 e. The second-order valence-electron chi connectivity index (χ2n) is 12.0. The number of amides is 2. The molecule has 17 heteroatoms. The molecule has 10 nitrogen and oxygen atoms in total. The van der Waals surface area contributed by atoms with E-state index >= 15 is 4.39 Å². The number of carbonyl (C=O) groups excluding carboxylic acids is 2. The molecule has 0 saturated carbocycles. The molecule has 0 spiro atoms. The van der Waals surface area contributed by atoms with E-state index < -0.39 is 83.3 Å². The zero-order chi connectivity index (χ0) is 34.5. The standard InChI is InChI=1S/C30H30F7N5O5/c1-28(2,3)47-26(43)40-12-10-21(19(31)15-40)42-22(29(32,33)34)13-20(39-42)18-9-11-38-25-23(18)24(30(35,36)37)46-27(44)41(25)14-16-5-7-17(45-4)8-6-16/h5-9,11,13,19,21,24H,10,12,14-15H2,1-4H3/t19-,21+,24-/m1/s1. The van der Waals surface area contributed by atoms with Crippen molar-refractivity contribution in [3.05, 3.63) is 59.4 Å². The van der Waals surface area contributed by atoms with Crippen LogP contribution in [-0.4, -0.2) is 70.0 Å². The van der Waals surface area contributed by atoms with Crippen molar-refractivity contribution >= 4 is 18.0 Å². The molecule has 2 aliphatic heterocycles. The van der Waals surface area contributed by atoms with Crippen LogP contribution in [0, 0.1) is 0 Å². The van der Waals surface area contributed by atoms with Crippen molar-refractivity contribution in [2.45, 2.75) is 70.0 Å². The quantitative estimate of drug-likeness (QED) is 0.263. The topological polar surface area (TPSA) is 99.0 Å². The molecule has 2 aliphatic rings.